The van der Waals surface area contributed by atoms with Gasteiger partial charge in [-0.15, -0.1) is 0 Å². The molecule has 7 heteroatoms. The number of hydrogen-bond donors (Lipinski definition) is 1. The number of carbonyl (C=O) groups excluding carboxylic acids is 1. The summed E-state index contributed by atoms with van der Waals surface area (Å²) in [6, 6.07) is 14.8. The molecule has 1 aliphatic heterocycles. The highest BCUT2D eigenvalue weighted by atomic mass is 32.2. The van der Waals surface area contributed by atoms with Gasteiger partial charge in [0.05, 0.1) is 12.0 Å². The maximum absolute atomic E-state index is 11.7. The lowest BCUT2D eigenvalue weighted by atomic mass is 10.2. The number of ether oxygens (including phenoxy) is 3. The van der Waals surface area contributed by atoms with Crippen LogP contribution >= 0.6 is 11.8 Å². The van der Waals surface area contributed by atoms with E-state index in [9.17, 15) is 4.79 Å². The minimum absolute atomic E-state index is 0.257. The molecule has 0 saturated carbocycles. The summed E-state index contributed by atoms with van der Waals surface area (Å²) in [6.07, 6.45) is 1.73. The monoisotopic (exact) mass is 370 g/mol. The van der Waals surface area contributed by atoms with Gasteiger partial charge in [0.1, 0.15) is 30.5 Å². The Balaban J connectivity index is 1.57. The molecule has 0 radical (unpaired) electrons. The molecule has 6 nitrogen and oxygen atoms in total. The first kappa shape index (κ1) is 17.9. The van der Waals surface area contributed by atoms with E-state index in [4.69, 9.17) is 19.9 Å². The molecule has 134 valence electrons. The van der Waals surface area contributed by atoms with E-state index < -0.39 is 0 Å². The molecule has 1 aliphatic rings. The molecule has 0 bridgehead atoms. The Morgan fingerprint density at radius 1 is 1.04 bits per heavy atom. The summed E-state index contributed by atoms with van der Waals surface area (Å²) in [7, 11) is 1.62. The van der Waals surface area contributed by atoms with Gasteiger partial charge in [-0.25, -0.2) is 0 Å². The zero-order valence-corrected chi connectivity index (χ0v) is 15.0. The molecule has 1 amide bonds. The van der Waals surface area contributed by atoms with Gasteiger partial charge in [0, 0.05) is 5.56 Å². The highest BCUT2D eigenvalue weighted by molar-refractivity contribution is 8.18. The third-order valence-electron chi connectivity index (χ3n) is 3.51. The second kappa shape index (κ2) is 8.44. The second-order valence-corrected chi connectivity index (χ2v) is 6.34. The fourth-order valence-electron chi connectivity index (χ4n) is 2.28. The van der Waals surface area contributed by atoms with Crippen molar-refractivity contribution in [3.63, 3.8) is 0 Å². The minimum Gasteiger partial charge on any atom is -0.497 e. The molecule has 2 aromatic carbocycles. The zero-order valence-electron chi connectivity index (χ0n) is 14.2. The van der Waals surface area contributed by atoms with Gasteiger partial charge in [-0.3, -0.25) is 4.79 Å². The number of para-hydroxylation sites is 1. The first-order valence-corrected chi connectivity index (χ1v) is 8.74. The molecule has 0 aromatic heterocycles. The number of thioether (sulfide) groups is 1. The third kappa shape index (κ3) is 4.58. The second-order valence-electron chi connectivity index (χ2n) is 5.28. The largest absolute Gasteiger partial charge is 0.497 e. The molecule has 2 aromatic rings. The Labute approximate surface area is 155 Å². The number of amides is 1. The number of benzene rings is 2. The van der Waals surface area contributed by atoms with Crippen LogP contribution in [0, 0.1) is 0 Å². The van der Waals surface area contributed by atoms with Crippen LogP contribution in [0.3, 0.4) is 0 Å². The zero-order chi connectivity index (χ0) is 18.4. The highest BCUT2D eigenvalue weighted by Gasteiger charge is 2.20. The summed E-state index contributed by atoms with van der Waals surface area (Å²) in [5.74, 6) is 1.85. The van der Waals surface area contributed by atoms with Crippen molar-refractivity contribution in [2.24, 2.45) is 10.7 Å². The van der Waals surface area contributed by atoms with Gasteiger partial charge in [-0.05, 0) is 48.2 Å². The van der Waals surface area contributed by atoms with Crippen LogP contribution in [0.4, 0.5) is 0 Å². The normalized spacial score (nSPS) is 15.0. The van der Waals surface area contributed by atoms with Crippen molar-refractivity contribution in [2.75, 3.05) is 20.3 Å². The lowest BCUT2D eigenvalue weighted by Gasteiger charge is -2.11. The molecular weight excluding hydrogens is 352 g/mol. The van der Waals surface area contributed by atoms with E-state index >= 15 is 0 Å². The van der Waals surface area contributed by atoms with E-state index in [1.54, 1.807) is 13.2 Å². The van der Waals surface area contributed by atoms with Gasteiger partial charge in [-0.2, -0.15) is 4.99 Å². The van der Waals surface area contributed by atoms with Crippen molar-refractivity contribution >= 4 is 28.9 Å². The smallest absolute Gasteiger partial charge is 0.286 e. The maximum atomic E-state index is 11.7. The van der Waals surface area contributed by atoms with Crippen LogP contribution in [0.25, 0.3) is 6.08 Å². The van der Waals surface area contributed by atoms with Crippen molar-refractivity contribution in [3.05, 3.63) is 59.0 Å². The van der Waals surface area contributed by atoms with Crippen LogP contribution < -0.4 is 19.9 Å². The van der Waals surface area contributed by atoms with Crippen LogP contribution in [0.2, 0.25) is 0 Å². The Hall–Kier alpha value is -2.93. The quantitative estimate of drug-likeness (QED) is 0.596. The van der Waals surface area contributed by atoms with Crippen LogP contribution in [0.5, 0.6) is 17.2 Å². The molecule has 26 heavy (non-hydrogen) atoms. The maximum Gasteiger partial charge on any atom is 0.286 e. The van der Waals surface area contributed by atoms with Gasteiger partial charge in [0.2, 0.25) is 0 Å². The Kier molecular flexibility index (Phi) is 5.80. The van der Waals surface area contributed by atoms with Crippen molar-refractivity contribution in [2.45, 2.75) is 0 Å². The van der Waals surface area contributed by atoms with Gasteiger partial charge >= 0.3 is 0 Å². The number of nitrogens with zero attached hydrogens (tertiary/aromatic N) is 1. The molecule has 0 unspecified atom stereocenters. The summed E-state index contributed by atoms with van der Waals surface area (Å²) in [6.45, 7) is 0.757. The fourth-order valence-corrected chi connectivity index (χ4v) is 2.95. The first-order chi connectivity index (χ1) is 12.7. The lowest BCUT2D eigenvalue weighted by molar-refractivity contribution is -0.113. The highest BCUT2D eigenvalue weighted by Crippen LogP contribution is 2.29. The number of methoxy groups -OCH3 is 1. The summed E-state index contributed by atoms with van der Waals surface area (Å²) < 4.78 is 16.5. The third-order valence-corrected chi connectivity index (χ3v) is 4.32. The molecule has 0 aliphatic carbocycles. The molecule has 0 saturated heterocycles. The minimum atomic E-state index is -0.329. The summed E-state index contributed by atoms with van der Waals surface area (Å²) in [4.78, 5) is 15.9. The molecule has 2 N–H and O–H groups in total. The summed E-state index contributed by atoms with van der Waals surface area (Å²) in [5.41, 5.74) is 6.36. The number of nitrogens with two attached hydrogens (primary N) is 1. The van der Waals surface area contributed by atoms with E-state index in [2.05, 4.69) is 4.99 Å². The van der Waals surface area contributed by atoms with Crippen LogP contribution in [-0.2, 0) is 4.79 Å². The van der Waals surface area contributed by atoms with Gasteiger partial charge in [-0.1, -0.05) is 18.2 Å². The van der Waals surface area contributed by atoms with Crippen LogP contribution in [0.1, 0.15) is 5.56 Å². The van der Waals surface area contributed by atoms with E-state index in [0.717, 1.165) is 28.8 Å². The number of hydrogen-bond acceptors (Lipinski definition) is 6. The number of carbonyl (C=O) groups is 1. The van der Waals surface area contributed by atoms with Crippen LogP contribution in [-0.4, -0.2) is 31.4 Å². The average molecular weight is 370 g/mol. The molecule has 1 heterocycles. The Bertz CT molecular complexity index is 847. The van der Waals surface area contributed by atoms with E-state index in [1.165, 1.54) is 0 Å². The standard InChI is InChI=1S/C19H18N2O4S/c1-23-14-6-8-15(9-7-14)24-10-11-25-16-5-3-2-4-13(16)12-17-18(22)21-19(20)26-17/h2-9,12H,10-11H2,1H3,(H2,20,21,22). The number of rotatable bonds is 7. The van der Waals surface area contributed by atoms with Crippen molar-refractivity contribution in [1.82, 2.24) is 0 Å². The fraction of sp³-hybridized carbons (Fsp3) is 0.158. The van der Waals surface area contributed by atoms with Gasteiger partial charge < -0.3 is 19.9 Å². The SMILES string of the molecule is COc1ccc(OCCOc2ccccc2C=C2SC(N)=NC2=O)cc1. The lowest BCUT2D eigenvalue weighted by Crippen LogP contribution is -2.09. The Morgan fingerprint density at radius 3 is 2.42 bits per heavy atom. The average Bonchev–Trinajstić information content (AvgIpc) is 2.97. The predicted molar refractivity (Wildman–Crippen MR) is 103 cm³/mol. The van der Waals surface area contributed by atoms with E-state index in [-0.39, 0.29) is 11.1 Å². The summed E-state index contributed by atoms with van der Waals surface area (Å²) >= 11 is 1.15. The van der Waals surface area contributed by atoms with E-state index in [1.807, 2.05) is 48.5 Å². The molecule has 0 fully saturated rings. The molecule has 0 spiro atoms. The van der Waals surface area contributed by atoms with Crippen LogP contribution in [0.15, 0.2) is 58.4 Å². The van der Waals surface area contributed by atoms with Gasteiger partial charge in [0.25, 0.3) is 5.91 Å². The first-order valence-electron chi connectivity index (χ1n) is 7.92. The van der Waals surface area contributed by atoms with Crippen molar-refractivity contribution in [3.8, 4) is 17.2 Å². The molecule has 0 atom stereocenters. The Morgan fingerprint density at radius 2 is 1.73 bits per heavy atom. The number of aliphatic imine (C=N–C) groups is 1. The predicted octanol–water partition coefficient (Wildman–Crippen LogP) is 3.08. The topological polar surface area (TPSA) is 83.1 Å². The van der Waals surface area contributed by atoms with Gasteiger partial charge in [0.15, 0.2) is 5.17 Å². The van der Waals surface area contributed by atoms with Crippen molar-refractivity contribution < 1.29 is 19.0 Å². The number of amidine groups is 1. The van der Waals surface area contributed by atoms with Crippen molar-refractivity contribution in [1.29, 1.82) is 0 Å². The van der Waals surface area contributed by atoms with E-state index in [0.29, 0.717) is 23.9 Å². The molecular formula is C19H18N2O4S. The molecule has 3 rings (SSSR count). The summed E-state index contributed by atoms with van der Waals surface area (Å²) in [5, 5.41) is 0.257.